The Balaban J connectivity index is 1.47. The number of hydrogen-bond acceptors (Lipinski definition) is 4. The summed E-state index contributed by atoms with van der Waals surface area (Å²) in [4.78, 5) is 18.5. The molecule has 130 valence electrons. The first kappa shape index (κ1) is 16.1. The fraction of sp³-hybridized carbons (Fsp3) is 0.143. The molecule has 1 amide bonds. The van der Waals surface area contributed by atoms with E-state index in [1.807, 2.05) is 54.6 Å². The van der Waals surface area contributed by atoms with E-state index >= 15 is 0 Å². The SMILES string of the molecule is CN(Cc1ccc2c(c1)OCO2)C(=O)C=Cc1cccc2cccnc12. The van der Waals surface area contributed by atoms with Gasteiger partial charge in [0.25, 0.3) is 0 Å². The van der Waals surface area contributed by atoms with Gasteiger partial charge in [0.05, 0.1) is 5.52 Å². The average Bonchev–Trinajstić information content (AvgIpc) is 3.13. The van der Waals surface area contributed by atoms with Gasteiger partial charge < -0.3 is 14.4 Å². The highest BCUT2D eigenvalue weighted by Crippen LogP contribution is 2.32. The monoisotopic (exact) mass is 346 g/mol. The molecule has 0 saturated carbocycles. The Morgan fingerprint density at radius 3 is 2.92 bits per heavy atom. The maximum absolute atomic E-state index is 12.5. The molecule has 0 unspecified atom stereocenters. The highest BCUT2D eigenvalue weighted by Gasteiger charge is 2.14. The second kappa shape index (κ2) is 6.88. The van der Waals surface area contributed by atoms with Crippen LogP contribution in [-0.4, -0.2) is 29.6 Å². The molecule has 0 bridgehead atoms. The number of hydrogen-bond donors (Lipinski definition) is 0. The van der Waals surface area contributed by atoms with Gasteiger partial charge in [0, 0.05) is 36.8 Å². The third kappa shape index (κ3) is 3.24. The summed E-state index contributed by atoms with van der Waals surface area (Å²) in [7, 11) is 1.78. The fourth-order valence-corrected chi connectivity index (χ4v) is 2.94. The average molecular weight is 346 g/mol. The molecular formula is C21H18N2O3. The van der Waals surface area contributed by atoms with Gasteiger partial charge in [-0.25, -0.2) is 0 Å². The van der Waals surface area contributed by atoms with Crippen LogP contribution >= 0.6 is 0 Å². The number of aromatic nitrogens is 1. The second-order valence-electron chi connectivity index (χ2n) is 6.14. The number of likely N-dealkylation sites (N-methyl/N-ethyl adjacent to an activating group) is 1. The molecular weight excluding hydrogens is 328 g/mol. The van der Waals surface area contributed by atoms with Gasteiger partial charge >= 0.3 is 0 Å². The Labute approximate surface area is 151 Å². The summed E-state index contributed by atoms with van der Waals surface area (Å²) >= 11 is 0. The molecule has 0 radical (unpaired) electrons. The number of ether oxygens (including phenoxy) is 2. The van der Waals surface area contributed by atoms with Crippen LogP contribution in [0.1, 0.15) is 11.1 Å². The lowest BCUT2D eigenvalue weighted by atomic mass is 10.1. The van der Waals surface area contributed by atoms with Crippen LogP contribution in [-0.2, 0) is 11.3 Å². The molecule has 5 nitrogen and oxygen atoms in total. The van der Waals surface area contributed by atoms with Crippen molar-refractivity contribution in [3.8, 4) is 11.5 Å². The highest BCUT2D eigenvalue weighted by atomic mass is 16.7. The van der Waals surface area contributed by atoms with Crippen LogP contribution in [0.4, 0.5) is 0 Å². The van der Waals surface area contributed by atoms with Crippen molar-refractivity contribution in [3.63, 3.8) is 0 Å². The maximum Gasteiger partial charge on any atom is 0.246 e. The summed E-state index contributed by atoms with van der Waals surface area (Å²) in [6.07, 6.45) is 5.15. The van der Waals surface area contributed by atoms with E-state index in [0.717, 1.165) is 33.5 Å². The number of rotatable bonds is 4. The highest BCUT2D eigenvalue weighted by molar-refractivity contribution is 5.95. The van der Waals surface area contributed by atoms with Crippen molar-refractivity contribution in [3.05, 3.63) is 71.9 Å². The predicted octanol–water partition coefficient (Wildman–Crippen LogP) is 3.64. The van der Waals surface area contributed by atoms with Gasteiger partial charge in [0.2, 0.25) is 12.7 Å². The Bertz CT molecular complexity index is 992. The van der Waals surface area contributed by atoms with Crippen molar-refractivity contribution in [2.75, 3.05) is 13.8 Å². The Morgan fingerprint density at radius 2 is 2.00 bits per heavy atom. The van der Waals surface area contributed by atoms with Crippen LogP contribution in [0.5, 0.6) is 11.5 Å². The predicted molar refractivity (Wildman–Crippen MR) is 99.8 cm³/mol. The van der Waals surface area contributed by atoms with Gasteiger partial charge in [-0.2, -0.15) is 0 Å². The zero-order valence-corrected chi connectivity index (χ0v) is 14.4. The first-order valence-corrected chi connectivity index (χ1v) is 8.36. The zero-order valence-electron chi connectivity index (χ0n) is 14.4. The number of carbonyl (C=O) groups is 1. The summed E-state index contributed by atoms with van der Waals surface area (Å²) in [5, 5.41) is 1.05. The third-order valence-corrected chi connectivity index (χ3v) is 4.30. The summed E-state index contributed by atoms with van der Waals surface area (Å²) < 4.78 is 10.7. The lowest BCUT2D eigenvalue weighted by Gasteiger charge is -2.15. The van der Waals surface area contributed by atoms with E-state index in [2.05, 4.69) is 4.98 Å². The number of nitrogens with zero attached hydrogens (tertiary/aromatic N) is 2. The van der Waals surface area contributed by atoms with E-state index in [0.29, 0.717) is 6.54 Å². The molecule has 4 rings (SSSR count). The molecule has 1 aliphatic heterocycles. The van der Waals surface area contributed by atoms with Gasteiger partial charge in [-0.3, -0.25) is 9.78 Å². The molecule has 0 atom stereocenters. The molecule has 0 spiro atoms. The first-order chi connectivity index (χ1) is 12.7. The largest absolute Gasteiger partial charge is 0.454 e. The van der Waals surface area contributed by atoms with E-state index in [1.165, 1.54) is 0 Å². The van der Waals surface area contributed by atoms with E-state index in [-0.39, 0.29) is 12.7 Å². The van der Waals surface area contributed by atoms with Crippen LogP contribution in [0.3, 0.4) is 0 Å². The number of fused-ring (bicyclic) bond motifs is 2. The van der Waals surface area contributed by atoms with Crippen LogP contribution < -0.4 is 9.47 Å². The lowest BCUT2D eigenvalue weighted by molar-refractivity contribution is -0.125. The number of benzene rings is 2. The molecule has 0 N–H and O–H groups in total. The fourth-order valence-electron chi connectivity index (χ4n) is 2.94. The molecule has 2 heterocycles. The zero-order chi connectivity index (χ0) is 17.9. The Kier molecular flexibility index (Phi) is 4.27. The lowest BCUT2D eigenvalue weighted by Crippen LogP contribution is -2.24. The smallest absolute Gasteiger partial charge is 0.246 e. The Morgan fingerprint density at radius 1 is 1.15 bits per heavy atom. The number of carbonyl (C=O) groups excluding carboxylic acids is 1. The minimum absolute atomic E-state index is 0.0735. The van der Waals surface area contributed by atoms with Gasteiger partial charge in [-0.05, 0) is 29.8 Å². The molecule has 0 saturated heterocycles. The molecule has 3 aromatic rings. The van der Waals surface area contributed by atoms with Crippen LogP contribution in [0, 0.1) is 0 Å². The van der Waals surface area contributed by atoms with Crippen molar-refractivity contribution in [2.45, 2.75) is 6.54 Å². The maximum atomic E-state index is 12.5. The van der Waals surface area contributed by atoms with E-state index in [1.54, 1.807) is 24.2 Å². The minimum Gasteiger partial charge on any atom is -0.454 e. The van der Waals surface area contributed by atoms with E-state index < -0.39 is 0 Å². The molecule has 0 fully saturated rings. The third-order valence-electron chi connectivity index (χ3n) is 4.30. The first-order valence-electron chi connectivity index (χ1n) is 8.36. The van der Waals surface area contributed by atoms with Gasteiger partial charge in [0.15, 0.2) is 11.5 Å². The topological polar surface area (TPSA) is 51.7 Å². The van der Waals surface area contributed by atoms with Crippen molar-refractivity contribution in [1.82, 2.24) is 9.88 Å². The normalized spacial score (nSPS) is 12.7. The van der Waals surface area contributed by atoms with Crippen molar-refractivity contribution in [1.29, 1.82) is 0 Å². The Hall–Kier alpha value is -3.34. The van der Waals surface area contributed by atoms with Gasteiger partial charge in [0.1, 0.15) is 0 Å². The molecule has 2 aromatic carbocycles. The van der Waals surface area contributed by atoms with Crippen LogP contribution in [0.25, 0.3) is 17.0 Å². The summed E-state index contributed by atoms with van der Waals surface area (Å²) in [5.74, 6) is 1.39. The van der Waals surface area contributed by atoms with E-state index in [4.69, 9.17) is 9.47 Å². The second-order valence-corrected chi connectivity index (χ2v) is 6.14. The minimum atomic E-state index is -0.0735. The van der Waals surface area contributed by atoms with Crippen molar-refractivity contribution in [2.24, 2.45) is 0 Å². The van der Waals surface area contributed by atoms with Crippen molar-refractivity contribution >= 4 is 22.9 Å². The summed E-state index contributed by atoms with van der Waals surface area (Å²) in [6.45, 7) is 0.739. The quantitative estimate of drug-likeness (QED) is 0.677. The molecule has 0 aliphatic carbocycles. The summed E-state index contributed by atoms with van der Waals surface area (Å²) in [6, 6.07) is 15.6. The molecule has 5 heteroatoms. The van der Waals surface area contributed by atoms with Gasteiger partial charge in [-0.15, -0.1) is 0 Å². The molecule has 1 aliphatic rings. The molecule has 26 heavy (non-hydrogen) atoms. The van der Waals surface area contributed by atoms with E-state index in [9.17, 15) is 4.79 Å². The number of pyridine rings is 1. The number of amides is 1. The molecule has 1 aromatic heterocycles. The summed E-state index contributed by atoms with van der Waals surface area (Å²) in [5.41, 5.74) is 2.80. The number of para-hydroxylation sites is 1. The van der Waals surface area contributed by atoms with Crippen LogP contribution in [0.2, 0.25) is 0 Å². The van der Waals surface area contributed by atoms with Gasteiger partial charge in [-0.1, -0.05) is 30.3 Å². The standard InChI is InChI=1S/C21H18N2O3/c1-23(13-15-7-9-18-19(12-15)26-14-25-18)20(24)10-8-17-5-2-4-16-6-3-11-22-21(16)17/h2-12H,13-14H2,1H3. The van der Waals surface area contributed by atoms with Crippen molar-refractivity contribution < 1.29 is 14.3 Å². The van der Waals surface area contributed by atoms with Crippen LogP contribution in [0.15, 0.2) is 60.8 Å².